The molecule has 0 spiro atoms. The molecular weight excluding hydrogens is 695 g/mol. The maximum atomic E-state index is 13.3. The Morgan fingerprint density at radius 3 is 2.18 bits per heavy atom. The van der Waals surface area contributed by atoms with Crippen molar-refractivity contribution < 1.29 is 46.3 Å². The van der Waals surface area contributed by atoms with Crippen LogP contribution >= 0.6 is 0 Å². The average Bonchev–Trinajstić information content (AvgIpc) is 3.08. The monoisotopic (exact) mass is 737 g/mol. The molecule has 0 aromatic heterocycles. The van der Waals surface area contributed by atoms with Crippen molar-refractivity contribution in [2.24, 2.45) is 0 Å². The van der Waals surface area contributed by atoms with Crippen LogP contribution in [0.4, 0.5) is 5.69 Å². The van der Waals surface area contributed by atoms with Crippen LogP contribution in [-0.4, -0.2) is 87.6 Å². The first-order valence-electron chi connectivity index (χ1n) is 16.2. The quantitative estimate of drug-likeness (QED) is 0.0836. The molecule has 1 aliphatic rings. The van der Waals surface area contributed by atoms with Crippen LogP contribution in [0.1, 0.15) is 47.8 Å². The molecule has 1 atom stereocenters. The molecule has 0 radical (unpaired) electrons. The van der Waals surface area contributed by atoms with Crippen molar-refractivity contribution in [1.29, 1.82) is 0 Å². The minimum absolute atomic E-state index is 0.0759. The van der Waals surface area contributed by atoms with Gasteiger partial charge in [0.1, 0.15) is 11.4 Å². The Kier molecular flexibility index (Phi) is 12.9. The molecular formula is C35H42BN4O9S2+. The number of hydrogen-bond donors (Lipinski definition) is 8. The fraction of sp³-hybridized carbons (Fsp3) is 0.257. The van der Waals surface area contributed by atoms with Gasteiger partial charge in [0.05, 0.1) is 11.0 Å². The molecule has 8 N–H and O–H groups in total. The van der Waals surface area contributed by atoms with Gasteiger partial charge in [0.15, 0.2) is 0 Å². The lowest BCUT2D eigenvalue weighted by molar-refractivity contribution is -0.451. The molecule has 1 unspecified atom stereocenters. The number of aliphatic hydroxyl groups excluding tert-OH is 1. The second-order valence-electron chi connectivity index (χ2n) is 11.8. The van der Waals surface area contributed by atoms with E-state index in [-0.39, 0.29) is 23.1 Å². The van der Waals surface area contributed by atoms with E-state index in [4.69, 9.17) is 0 Å². The van der Waals surface area contributed by atoms with Gasteiger partial charge in [-0.25, -0.2) is 18.1 Å². The minimum atomic E-state index is -4.98. The predicted octanol–water partition coefficient (Wildman–Crippen LogP) is 0.282. The van der Waals surface area contributed by atoms with Gasteiger partial charge in [-0.1, -0.05) is 24.3 Å². The van der Waals surface area contributed by atoms with Crippen LogP contribution in [0.25, 0.3) is 5.57 Å². The minimum Gasteiger partial charge on any atom is -0.423 e. The summed E-state index contributed by atoms with van der Waals surface area (Å²) in [5, 5.41) is 34.6. The normalized spacial score (nSPS) is 15.7. The Morgan fingerprint density at radius 2 is 1.59 bits per heavy atom. The summed E-state index contributed by atoms with van der Waals surface area (Å²) in [6.45, 7) is 8.26. The van der Waals surface area contributed by atoms with Crippen LogP contribution in [0.5, 0.6) is 0 Å². The molecule has 0 saturated heterocycles. The molecule has 0 saturated carbocycles. The first-order valence-corrected chi connectivity index (χ1v) is 19.1. The third-order valence-electron chi connectivity index (χ3n) is 8.05. The van der Waals surface area contributed by atoms with Gasteiger partial charge in [-0.3, -0.25) is 9.35 Å². The number of carbonyl (C=O) groups excluding carboxylic acids is 1. The summed E-state index contributed by atoms with van der Waals surface area (Å²) in [5.41, 5.74) is 5.71. The van der Waals surface area contributed by atoms with E-state index >= 15 is 0 Å². The molecule has 3 aromatic carbocycles. The summed E-state index contributed by atoms with van der Waals surface area (Å²) in [6, 6.07) is 14.4. The van der Waals surface area contributed by atoms with Gasteiger partial charge in [-0.05, 0) is 104 Å². The fourth-order valence-electron chi connectivity index (χ4n) is 5.46. The van der Waals surface area contributed by atoms with Gasteiger partial charge >= 0.3 is 7.12 Å². The molecule has 3 aromatic rings. The van der Waals surface area contributed by atoms with E-state index in [1.807, 2.05) is 64.1 Å². The van der Waals surface area contributed by atoms with Crippen molar-refractivity contribution in [3.05, 3.63) is 112 Å². The average molecular weight is 738 g/mol. The smallest absolute Gasteiger partial charge is 0.423 e. The number of amides is 1. The Hall–Kier alpha value is -4.42. The van der Waals surface area contributed by atoms with E-state index < -0.39 is 55.6 Å². The van der Waals surface area contributed by atoms with Crippen LogP contribution in [0, 0.1) is 6.92 Å². The Balaban J connectivity index is 1.66. The first-order chi connectivity index (χ1) is 24.0. The Morgan fingerprint density at radius 1 is 0.902 bits per heavy atom. The van der Waals surface area contributed by atoms with Gasteiger partial charge in [0, 0.05) is 48.1 Å². The Labute approximate surface area is 298 Å². The van der Waals surface area contributed by atoms with E-state index in [9.17, 15) is 41.3 Å². The van der Waals surface area contributed by atoms with Crippen molar-refractivity contribution in [3.63, 3.8) is 0 Å². The first kappa shape index (κ1) is 39.4. The fourth-order valence-corrected chi connectivity index (χ4v) is 7.36. The summed E-state index contributed by atoms with van der Waals surface area (Å²) < 4.78 is 65.1. The molecule has 270 valence electrons. The summed E-state index contributed by atoms with van der Waals surface area (Å²) >= 11 is 0. The number of rotatable bonds is 14. The third-order valence-corrected chi connectivity index (χ3v) is 10.4. The van der Waals surface area contributed by atoms with Gasteiger partial charge in [0.25, 0.3) is 16.0 Å². The van der Waals surface area contributed by atoms with E-state index in [1.165, 1.54) is 36.4 Å². The highest BCUT2D eigenvalue weighted by molar-refractivity contribution is 7.89. The summed E-state index contributed by atoms with van der Waals surface area (Å²) in [7, 11) is -11.1. The number of allylic oxidation sites excluding steroid dienone is 5. The van der Waals surface area contributed by atoms with Crippen LogP contribution in [0.3, 0.4) is 0 Å². The van der Waals surface area contributed by atoms with Gasteiger partial charge in [-0.15, -0.1) is 0 Å². The highest BCUT2D eigenvalue weighted by atomic mass is 32.2. The van der Waals surface area contributed by atoms with E-state index in [0.29, 0.717) is 29.8 Å². The van der Waals surface area contributed by atoms with Crippen molar-refractivity contribution in [2.45, 2.75) is 43.6 Å². The molecule has 4 rings (SSSR count). The second-order valence-corrected chi connectivity index (χ2v) is 15.0. The molecule has 0 heterocycles. The van der Waals surface area contributed by atoms with Crippen molar-refractivity contribution in [3.8, 4) is 0 Å². The zero-order chi connectivity index (χ0) is 37.5. The number of anilines is 1. The number of sulfonamides is 1. The zero-order valence-electron chi connectivity index (χ0n) is 28.6. The second kappa shape index (κ2) is 16.7. The molecule has 51 heavy (non-hydrogen) atoms. The maximum absolute atomic E-state index is 13.3. The molecule has 16 heteroatoms. The summed E-state index contributed by atoms with van der Waals surface area (Å²) in [6.07, 6.45) is 4.21. The number of aliphatic hydroxyl groups is 1. The van der Waals surface area contributed by atoms with Crippen LogP contribution < -0.4 is 25.8 Å². The molecule has 0 aliphatic heterocycles. The van der Waals surface area contributed by atoms with Gasteiger partial charge < -0.3 is 25.8 Å². The number of hydrogen-bond acceptors (Lipinski definition) is 9. The highest BCUT2D eigenvalue weighted by Gasteiger charge is 2.27. The lowest BCUT2D eigenvalue weighted by Crippen LogP contribution is -2.72. The van der Waals surface area contributed by atoms with E-state index in [0.717, 1.165) is 28.6 Å². The highest BCUT2D eigenvalue weighted by Crippen LogP contribution is 2.36. The number of aryl methyl sites for hydroxylation is 1. The Bertz CT molecular complexity index is 2130. The van der Waals surface area contributed by atoms with E-state index in [2.05, 4.69) is 20.3 Å². The lowest BCUT2D eigenvalue weighted by atomic mass is 9.80. The summed E-state index contributed by atoms with van der Waals surface area (Å²) in [5.74, 6) is -0.589. The topological polar surface area (TPSA) is 216 Å². The van der Waals surface area contributed by atoms with Crippen molar-refractivity contribution >= 4 is 55.6 Å². The largest absolute Gasteiger partial charge is 0.488 e. The third kappa shape index (κ3) is 9.89. The van der Waals surface area contributed by atoms with Crippen molar-refractivity contribution in [2.75, 3.05) is 31.5 Å². The van der Waals surface area contributed by atoms with Crippen molar-refractivity contribution in [1.82, 2.24) is 10.0 Å². The summed E-state index contributed by atoms with van der Waals surface area (Å²) in [4.78, 5) is 14.6. The molecule has 1 amide bonds. The molecule has 0 bridgehead atoms. The number of nitrogens with one attached hydrogen (secondary N) is 4. The van der Waals surface area contributed by atoms with E-state index in [1.54, 1.807) is 0 Å². The lowest BCUT2D eigenvalue weighted by Gasteiger charge is -2.19. The maximum Gasteiger partial charge on any atom is 0.488 e. The zero-order valence-corrected chi connectivity index (χ0v) is 30.3. The van der Waals surface area contributed by atoms with Crippen LogP contribution in [-0.2, 0) is 20.1 Å². The SMILES string of the molecule is CCNc1ccc(C(=C2C=CC(=[NH+]CC)C(C)=C2)c2ccc(S(=O)(=O)NCC(O)CNC(=O)c3ccc(B(O)O)cc3)cc2S(=O)(=O)O)cc1C. The predicted molar refractivity (Wildman–Crippen MR) is 197 cm³/mol. The number of benzene rings is 3. The standard InChI is InChI=1S/C35H41BN4O9S2/c1-5-37-31-15-9-25(17-22(31)3)34(26-10-16-32(38-6-2)23(4)18-26)30-14-13-29(19-33(30)51(47,48)49)50(45,46)40-21-28(41)20-39-35(42)24-7-11-27(12-8-24)36(43)44/h7-19,28,37,40-41,43-44H,5-6,20-21H2,1-4H3,(H,39,42)(H,47,48,49)/p+1. The number of carbonyl (C=O) groups is 1. The van der Waals surface area contributed by atoms with Gasteiger partial charge in [-0.2, -0.15) is 8.42 Å². The molecule has 13 nitrogen and oxygen atoms in total. The van der Waals surface area contributed by atoms with Crippen LogP contribution in [0.15, 0.2) is 99.8 Å². The molecule has 1 aliphatic carbocycles. The van der Waals surface area contributed by atoms with Gasteiger partial charge in [0.2, 0.25) is 15.7 Å². The van der Waals surface area contributed by atoms with Crippen LogP contribution in [0.2, 0.25) is 0 Å². The molecule has 0 fully saturated rings.